The van der Waals surface area contributed by atoms with Crippen LogP contribution in [0.4, 0.5) is 0 Å². The molecule has 7 aromatic rings. The Morgan fingerprint density at radius 3 is 2.42 bits per heavy atom. The van der Waals surface area contributed by atoms with Gasteiger partial charge in [0.2, 0.25) is 5.96 Å². The summed E-state index contributed by atoms with van der Waals surface area (Å²) in [4.78, 5) is 7.59. The van der Waals surface area contributed by atoms with Crippen LogP contribution >= 0.6 is 11.3 Å². The van der Waals surface area contributed by atoms with Gasteiger partial charge in [0, 0.05) is 54.8 Å². The van der Waals surface area contributed by atoms with Gasteiger partial charge in [0.15, 0.2) is 0 Å². The maximum atomic E-state index is 5.23. The van der Waals surface area contributed by atoms with E-state index in [1.165, 1.54) is 64.0 Å². The molecule has 0 amide bonds. The van der Waals surface area contributed by atoms with Crippen molar-refractivity contribution in [2.45, 2.75) is 0 Å². The van der Waals surface area contributed by atoms with Crippen LogP contribution in [0.5, 0.6) is 0 Å². The minimum Gasteiger partial charge on any atom is -0.307 e. The van der Waals surface area contributed by atoms with Gasteiger partial charge in [-0.05, 0) is 35.0 Å². The summed E-state index contributed by atoms with van der Waals surface area (Å²) in [7, 11) is 0. The SMILES string of the molecule is C1=CCN2C(=C1)C(c1cccc3c1sc1ccccc13)=CN=C2n1c2ccccc2c2c3ccccc3ccc21. The molecule has 5 aromatic carbocycles. The van der Waals surface area contributed by atoms with E-state index >= 15 is 0 Å². The Morgan fingerprint density at radius 2 is 1.48 bits per heavy atom. The van der Waals surface area contributed by atoms with Crippen LogP contribution in [0.25, 0.3) is 58.3 Å². The van der Waals surface area contributed by atoms with E-state index in [0.717, 1.165) is 18.1 Å². The molecule has 2 aliphatic rings. The molecule has 0 atom stereocenters. The molecular formula is C36H23N3S. The first-order valence-corrected chi connectivity index (χ1v) is 14.4. The second-order valence-electron chi connectivity index (χ2n) is 10.4. The lowest BCUT2D eigenvalue weighted by Crippen LogP contribution is -2.38. The van der Waals surface area contributed by atoms with Crippen molar-refractivity contribution < 1.29 is 0 Å². The van der Waals surface area contributed by atoms with Gasteiger partial charge in [-0.1, -0.05) is 97.1 Å². The van der Waals surface area contributed by atoms with Crippen molar-refractivity contribution in [1.29, 1.82) is 0 Å². The third kappa shape index (κ3) is 2.97. The normalized spacial score (nSPS) is 15.2. The van der Waals surface area contributed by atoms with Crippen molar-refractivity contribution in [3.05, 3.63) is 139 Å². The number of benzene rings is 5. The second kappa shape index (κ2) is 8.28. The predicted molar refractivity (Wildman–Crippen MR) is 171 cm³/mol. The van der Waals surface area contributed by atoms with E-state index in [2.05, 4.69) is 137 Å². The lowest BCUT2D eigenvalue weighted by molar-refractivity contribution is 0.562. The Balaban J connectivity index is 1.33. The number of thiophene rings is 1. The summed E-state index contributed by atoms with van der Waals surface area (Å²) in [6, 6.07) is 37.2. The fourth-order valence-corrected chi connectivity index (χ4v) is 7.73. The minimum absolute atomic E-state index is 0.770. The summed E-state index contributed by atoms with van der Waals surface area (Å²) in [5.41, 5.74) is 5.93. The molecule has 188 valence electrons. The Bertz CT molecular complexity index is 2310. The van der Waals surface area contributed by atoms with Crippen LogP contribution in [-0.2, 0) is 0 Å². The van der Waals surface area contributed by atoms with Crippen LogP contribution in [0, 0.1) is 0 Å². The summed E-state index contributed by atoms with van der Waals surface area (Å²) < 4.78 is 4.97. The van der Waals surface area contributed by atoms with E-state index in [4.69, 9.17) is 4.99 Å². The number of fused-ring (bicyclic) bond motifs is 9. The monoisotopic (exact) mass is 529 g/mol. The molecule has 0 aliphatic carbocycles. The third-order valence-electron chi connectivity index (χ3n) is 8.25. The number of nitrogens with zero attached hydrogens (tertiary/aromatic N) is 3. The van der Waals surface area contributed by atoms with Crippen molar-refractivity contribution in [2.75, 3.05) is 6.54 Å². The van der Waals surface area contributed by atoms with Gasteiger partial charge >= 0.3 is 0 Å². The van der Waals surface area contributed by atoms with Crippen molar-refractivity contribution >= 4 is 75.6 Å². The third-order valence-corrected chi connectivity index (χ3v) is 9.47. The highest BCUT2D eigenvalue weighted by atomic mass is 32.1. The number of para-hydroxylation sites is 1. The maximum absolute atomic E-state index is 5.23. The Kier molecular flexibility index (Phi) is 4.54. The average Bonchev–Trinajstić information content (AvgIpc) is 3.57. The van der Waals surface area contributed by atoms with Crippen LogP contribution in [0.15, 0.2) is 138 Å². The molecule has 0 bridgehead atoms. The van der Waals surface area contributed by atoms with E-state index in [9.17, 15) is 0 Å². The fraction of sp³-hybridized carbons (Fsp3) is 0.0278. The summed E-state index contributed by atoms with van der Waals surface area (Å²) in [6.07, 6.45) is 8.70. The van der Waals surface area contributed by atoms with E-state index in [1.807, 2.05) is 11.3 Å². The number of hydrogen-bond acceptors (Lipinski definition) is 3. The summed E-state index contributed by atoms with van der Waals surface area (Å²) in [6.45, 7) is 0.770. The maximum Gasteiger partial charge on any atom is 0.215 e. The van der Waals surface area contributed by atoms with E-state index < -0.39 is 0 Å². The molecule has 9 rings (SSSR count). The zero-order chi connectivity index (χ0) is 26.2. The fourth-order valence-electron chi connectivity index (χ4n) is 6.50. The Morgan fingerprint density at radius 1 is 0.675 bits per heavy atom. The second-order valence-corrected chi connectivity index (χ2v) is 11.4. The Hall–Kier alpha value is -4.93. The minimum atomic E-state index is 0.770. The van der Waals surface area contributed by atoms with Crippen LogP contribution in [0.1, 0.15) is 5.56 Å². The summed E-state index contributed by atoms with van der Waals surface area (Å²) >= 11 is 1.87. The summed E-state index contributed by atoms with van der Waals surface area (Å²) in [5, 5.41) is 7.68. The molecule has 2 aliphatic heterocycles. The quantitative estimate of drug-likeness (QED) is 0.207. The van der Waals surface area contributed by atoms with E-state index in [0.29, 0.717) is 0 Å². The van der Waals surface area contributed by atoms with Crippen LogP contribution in [0.2, 0.25) is 0 Å². The van der Waals surface area contributed by atoms with Gasteiger partial charge in [-0.15, -0.1) is 11.3 Å². The first-order chi connectivity index (χ1) is 19.9. The van der Waals surface area contributed by atoms with Crippen molar-refractivity contribution in [3.8, 4) is 0 Å². The van der Waals surface area contributed by atoms with Crippen LogP contribution in [0.3, 0.4) is 0 Å². The largest absolute Gasteiger partial charge is 0.307 e. The van der Waals surface area contributed by atoms with Gasteiger partial charge in [-0.3, -0.25) is 4.57 Å². The highest BCUT2D eigenvalue weighted by Crippen LogP contribution is 2.43. The molecule has 0 unspecified atom stereocenters. The van der Waals surface area contributed by atoms with Gasteiger partial charge in [-0.2, -0.15) is 0 Å². The first-order valence-electron chi connectivity index (χ1n) is 13.6. The van der Waals surface area contributed by atoms with Gasteiger partial charge in [0.25, 0.3) is 0 Å². The molecular weight excluding hydrogens is 506 g/mol. The number of aromatic nitrogens is 1. The smallest absolute Gasteiger partial charge is 0.215 e. The molecule has 0 saturated carbocycles. The first kappa shape index (κ1) is 21.9. The lowest BCUT2D eigenvalue weighted by atomic mass is 9.98. The number of allylic oxidation sites excluding steroid dienone is 3. The van der Waals surface area contributed by atoms with E-state index in [1.54, 1.807) is 0 Å². The molecule has 0 fully saturated rings. The van der Waals surface area contributed by atoms with Gasteiger partial charge in [0.05, 0.1) is 16.7 Å². The molecule has 40 heavy (non-hydrogen) atoms. The molecule has 4 heteroatoms. The predicted octanol–water partition coefficient (Wildman–Crippen LogP) is 9.33. The number of rotatable bonds is 1. The number of hydrogen-bond donors (Lipinski definition) is 0. The molecule has 4 heterocycles. The summed E-state index contributed by atoms with van der Waals surface area (Å²) in [5.74, 6) is 0.935. The standard InChI is InChI=1S/C36H23N3S/c1-2-11-24-23(10-1)19-20-32-34(24)28-13-3-5-17-31(28)39(32)36-37-22-29(30-16-7-8-21-38(30)36)27-15-9-14-26-25-12-4-6-18-33(25)40-35(26)27/h1-20,22H,21H2. The van der Waals surface area contributed by atoms with Crippen LogP contribution in [-0.4, -0.2) is 22.0 Å². The van der Waals surface area contributed by atoms with Gasteiger partial charge < -0.3 is 4.90 Å². The van der Waals surface area contributed by atoms with Crippen LogP contribution < -0.4 is 0 Å². The van der Waals surface area contributed by atoms with Gasteiger partial charge in [-0.25, -0.2) is 4.99 Å². The highest BCUT2D eigenvalue weighted by Gasteiger charge is 2.29. The molecule has 0 N–H and O–H groups in total. The molecule has 3 nitrogen and oxygen atoms in total. The molecule has 0 spiro atoms. The zero-order valence-corrected chi connectivity index (χ0v) is 22.4. The Labute approximate surface area is 234 Å². The van der Waals surface area contributed by atoms with Crippen molar-refractivity contribution in [2.24, 2.45) is 4.99 Å². The van der Waals surface area contributed by atoms with E-state index in [-0.39, 0.29) is 0 Å². The molecule has 2 aromatic heterocycles. The average molecular weight is 530 g/mol. The topological polar surface area (TPSA) is 20.5 Å². The highest BCUT2D eigenvalue weighted by molar-refractivity contribution is 7.26. The molecule has 0 saturated heterocycles. The zero-order valence-electron chi connectivity index (χ0n) is 21.6. The number of aliphatic imine (C=N–C) groups is 1. The van der Waals surface area contributed by atoms with Gasteiger partial charge in [0.1, 0.15) is 0 Å². The molecule has 0 radical (unpaired) electrons. The lowest BCUT2D eigenvalue weighted by Gasteiger charge is -2.34. The van der Waals surface area contributed by atoms with Crippen molar-refractivity contribution in [1.82, 2.24) is 9.47 Å². The van der Waals surface area contributed by atoms with Crippen molar-refractivity contribution in [3.63, 3.8) is 0 Å².